The van der Waals surface area contributed by atoms with E-state index in [2.05, 4.69) is 29.7 Å². The summed E-state index contributed by atoms with van der Waals surface area (Å²) in [7, 11) is 0. The molecule has 80 valence electrons. The largest absolute Gasteiger partial charge is 0.326 e. The minimum Gasteiger partial charge on any atom is -0.326 e. The van der Waals surface area contributed by atoms with Crippen LogP contribution in [0.1, 0.15) is 18.2 Å². The Morgan fingerprint density at radius 1 is 1.47 bits per heavy atom. The molecular weight excluding hydrogens is 206 g/mol. The van der Waals surface area contributed by atoms with Crippen LogP contribution in [0.2, 0.25) is 0 Å². The van der Waals surface area contributed by atoms with Crippen molar-refractivity contribution in [3.8, 4) is 11.1 Å². The fourth-order valence-corrected chi connectivity index (χ4v) is 2.28. The highest BCUT2D eigenvalue weighted by Crippen LogP contribution is 2.24. The van der Waals surface area contributed by atoms with Gasteiger partial charge in [-0.1, -0.05) is 6.92 Å². The van der Waals surface area contributed by atoms with E-state index in [0.29, 0.717) is 6.54 Å². The second-order valence-corrected chi connectivity index (χ2v) is 4.49. The summed E-state index contributed by atoms with van der Waals surface area (Å²) in [6.45, 7) is 3.75. The van der Waals surface area contributed by atoms with Gasteiger partial charge < -0.3 is 5.73 Å². The highest BCUT2D eigenvalue weighted by Gasteiger charge is 2.03. The van der Waals surface area contributed by atoms with E-state index in [1.807, 2.05) is 10.9 Å². The first-order chi connectivity index (χ1) is 7.33. The first-order valence-corrected chi connectivity index (χ1v) is 6.01. The molecule has 0 fully saturated rings. The van der Waals surface area contributed by atoms with Crippen molar-refractivity contribution in [3.63, 3.8) is 0 Å². The van der Waals surface area contributed by atoms with Gasteiger partial charge in [0, 0.05) is 29.7 Å². The van der Waals surface area contributed by atoms with E-state index in [-0.39, 0.29) is 0 Å². The number of thiophene rings is 1. The lowest BCUT2D eigenvalue weighted by Crippen LogP contribution is -1.95. The van der Waals surface area contributed by atoms with Crippen molar-refractivity contribution in [2.24, 2.45) is 5.73 Å². The van der Waals surface area contributed by atoms with Crippen molar-refractivity contribution in [1.82, 2.24) is 9.78 Å². The van der Waals surface area contributed by atoms with Gasteiger partial charge in [0.15, 0.2) is 0 Å². The molecule has 0 bridgehead atoms. The van der Waals surface area contributed by atoms with Crippen LogP contribution in [0.3, 0.4) is 0 Å². The number of nitrogens with two attached hydrogens (primary N) is 1. The van der Waals surface area contributed by atoms with E-state index in [4.69, 9.17) is 5.73 Å². The maximum absolute atomic E-state index is 5.58. The van der Waals surface area contributed by atoms with Crippen LogP contribution in [0.5, 0.6) is 0 Å². The molecular formula is C11H15N3S. The van der Waals surface area contributed by atoms with Gasteiger partial charge in [-0.05, 0) is 23.4 Å². The molecule has 2 aromatic rings. The van der Waals surface area contributed by atoms with Gasteiger partial charge in [-0.15, -0.1) is 11.3 Å². The zero-order valence-electron chi connectivity index (χ0n) is 8.81. The summed E-state index contributed by atoms with van der Waals surface area (Å²) in [4.78, 5) is 1.22. The van der Waals surface area contributed by atoms with Crippen molar-refractivity contribution in [3.05, 3.63) is 28.7 Å². The Labute approximate surface area is 93.5 Å². The molecule has 4 heteroatoms. The Morgan fingerprint density at radius 3 is 3.00 bits per heavy atom. The molecule has 0 unspecified atom stereocenters. The van der Waals surface area contributed by atoms with Crippen LogP contribution in [0.4, 0.5) is 0 Å². The van der Waals surface area contributed by atoms with Gasteiger partial charge in [-0.2, -0.15) is 5.10 Å². The molecule has 0 saturated heterocycles. The first-order valence-electron chi connectivity index (χ1n) is 5.13. The Morgan fingerprint density at radius 2 is 2.33 bits per heavy atom. The number of rotatable bonds is 4. The van der Waals surface area contributed by atoms with Crippen LogP contribution in [0, 0.1) is 0 Å². The van der Waals surface area contributed by atoms with Gasteiger partial charge in [0.25, 0.3) is 0 Å². The van der Waals surface area contributed by atoms with Crippen LogP contribution in [0.15, 0.2) is 23.8 Å². The minimum absolute atomic E-state index is 0.619. The maximum Gasteiger partial charge on any atom is 0.0568 e. The average Bonchev–Trinajstić information content (AvgIpc) is 2.85. The second kappa shape index (κ2) is 4.59. The van der Waals surface area contributed by atoms with E-state index in [0.717, 1.165) is 13.0 Å². The topological polar surface area (TPSA) is 43.8 Å². The molecule has 2 aromatic heterocycles. The monoisotopic (exact) mass is 221 g/mol. The molecule has 0 saturated carbocycles. The Hall–Kier alpha value is -1.13. The molecule has 0 amide bonds. The standard InChI is InChI=1S/C11H15N3S/c1-2-3-14-7-10(6-13-14)9-4-11(5-12)15-8-9/h4,6-8H,2-3,5,12H2,1H3. The van der Waals surface area contributed by atoms with E-state index in [1.165, 1.54) is 16.0 Å². The molecule has 0 spiro atoms. The zero-order valence-corrected chi connectivity index (χ0v) is 9.63. The third-order valence-corrected chi connectivity index (χ3v) is 3.23. The molecule has 0 radical (unpaired) electrons. The third kappa shape index (κ3) is 2.27. The second-order valence-electron chi connectivity index (χ2n) is 3.50. The predicted molar refractivity (Wildman–Crippen MR) is 63.7 cm³/mol. The molecule has 2 heterocycles. The van der Waals surface area contributed by atoms with E-state index in [9.17, 15) is 0 Å². The zero-order chi connectivity index (χ0) is 10.7. The molecule has 0 aliphatic carbocycles. The Bertz CT molecular complexity index is 430. The fraction of sp³-hybridized carbons (Fsp3) is 0.364. The van der Waals surface area contributed by atoms with Gasteiger partial charge in [0.1, 0.15) is 0 Å². The molecule has 3 nitrogen and oxygen atoms in total. The normalized spacial score (nSPS) is 10.8. The fourth-order valence-electron chi connectivity index (χ4n) is 1.50. The van der Waals surface area contributed by atoms with Gasteiger partial charge in [0.05, 0.1) is 6.20 Å². The molecule has 15 heavy (non-hydrogen) atoms. The quantitative estimate of drug-likeness (QED) is 0.862. The molecule has 0 aromatic carbocycles. The number of hydrogen-bond acceptors (Lipinski definition) is 3. The maximum atomic E-state index is 5.58. The van der Waals surface area contributed by atoms with Crippen molar-refractivity contribution >= 4 is 11.3 Å². The van der Waals surface area contributed by atoms with Crippen LogP contribution in [0.25, 0.3) is 11.1 Å². The molecule has 0 aliphatic heterocycles. The predicted octanol–water partition coefficient (Wildman–Crippen LogP) is 2.48. The van der Waals surface area contributed by atoms with Crippen LogP contribution < -0.4 is 5.73 Å². The Balaban J connectivity index is 2.21. The average molecular weight is 221 g/mol. The summed E-state index contributed by atoms with van der Waals surface area (Å²) in [5, 5.41) is 6.44. The minimum atomic E-state index is 0.619. The number of aryl methyl sites for hydroxylation is 1. The van der Waals surface area contributed by atoms with Gasteiger partial charge in [0.2, 0.25) is 0 Å². The lowest BCUT2D eigenvalue weighted by molar-refractivity contribution is 0.603. The Kier molecular flexibility index (Phi) is 3.18. The highest BCUT2D eigenvalue weighted by atomic mass is 32.1. The van der Waals surface area contributed by atoms with Crippen LogP contribution in [-0.2, 0) is 13.1 Å². The third-order valence-electron chi connectivity index (χ3n) is 2.27. The van der Waals surface area contributed by atoms with E-state index >= 15 is 0 Å². The SMILES string of the molecule is CCCn1cc(-c2csc(CN)c2)cn1. The summed E-state index contributed by atoms with van der Waals surface area (Å²) < 4.78 is 1.98. The first kappa shape index (κ1) is 10.4. The smallest absolute Gasteiger partial charge is 0.0568 e. The number of aromatic nitrogens is 2. The van der Waals surface area contributed by atoms with E-state index < -0.39 is 0 Å². The van der Waals surface area contributed by atoms with Crippen molar-refractivity contribution in [2.75, 3.05) is 0 Å². The van der Waals surface area contributed by atoms with Gasteiger partial charge in [-0.3, -0.25) is 4.68 Å². The summed E-state index contributed by atoms with van der Waals surface area (Å²) in [6.07, 6.45) is 5.11. The summed E-state index contributed by atoms with van der Waals surface area (Å²) >= 11 is 1.70. The summed E-state index contributed by atoms with van der Waals surface area (Å²) in [5.41, 5.74) is 7.99. The van der Waals surface area contributed by atoms with Crippen LogP contribution >= 0.6 is 11.3 Å². The summed E-state index contributed by atoms with van der Waals surface area (Å²) in [5.74, 6) is 0. The molecule has 0 aliphatic rings. The van der Waals surface area contributed by atoms with E-state index in [1.54, 1.807) is 11.3 Å². The van der Waals surface area contributed by atoms with Gasteiger partial charge in [-0.25, -0.2) is 0 Å². The van der Waals surface area contributed by atoms with Crippen molar-refractivity contribution in [1.29, 1.82) is 0 Å². The van der Waals surface area contributed by atoms with Gasteiger partial charge >= 0.3 is 0 Å². The summed E-state index contributed by atoms with van der Waals surface area (Å²) in [6, 6.07) is 2.14. The number of hydrogen-bond donors (Lipinski definition) is 1. The lowest BCUT2D eigenvalue weighted by atomic mass is 10.2. The molecule has 2 N–H and O–H groups in total. The van der Waals surface area contributed by atoms with Crippen molar-refractivity contribution in [2.45, 2.75) is 26.4 Å². The van der Waals surface area contributed by atoms with Crippen LogP contribution in [-0.4, -0.2) is 9.78 Å². The highest BCUT2D eigenvalue weighted by molar-refractivity contribution is 7.10. The van der Waals surface area contributed by atoms with Crippen molar-refractivity contribution < 1.29 is 0 Å². The molecule has 2 rings (SSSR count). The molecule has 0 atom stereocenters. The lowest BCUT2D eigenvalue weighted by Gasteiger charge is -1.94. The number of nitrogens with zero attached hydrogens (tertiary/aromatic N) is 2.